The Morgan fingerprint density at radius 2 is 2.37 bits per heavy atom. The fourth-order valence-electron chi connectivity index (χ4n) is 2.01. The second-order valence-electron chi connectivity index (χ2n) is 4.24. The van der Waals surface area contributed by atoms with Crippen LogP contribution in [0.3, 0.4) is 0 Å². The van der Waals surface area contributed by atoms with Gasteiger partial charge in [-0.1, -0.05) is 31.9 Å². The Kier molecular flexibility index (Phi) is 5.24. The number of benzene rings is 1. The van der Waals surface area contributed by atoms with Gasteiger partial charge < -0.3 is 14.4 Å². The molecule has 19 heavy (non-hydrogen) atoms. The van der Waals surface area contributed by atoms with E-state index in [0.717, 1.165) is 9.80 Å². The molecule has 2 rings (SSSR count). The first kappa shape index (κ1) is 14.8. The van der Waals surface area contributed by atoms with Gasteiger partial charge in [0, 0.05) is 22.9 Å². The predicted octanol–water partition coefficient (Wildman–Crippen LogP) is 2.69. The van der Waals surface area contributed by atoms with E-state index in [1.165, 1.54) is 0 Å². The first-order valence-corrected chi connectivity index (χ1v) is 7.87. The molecular weight excluding hydrogens is 378 g/mol. The maximum Gasteiger partial charge on any atom is 0.257 e. The van der Waals surface area contributed by atoms with Gasteiger partial charge in [0.25, 0.3) is 5.91 Å². The van der Waals surface area contributed by atoms with Crippen LogP contribution in [0, 0.1) is 0 Å². The summed E-state index contributed by atoms with van der Waals surface area (Å²) in [5.74, 6) is 0.572. The fraction of sp³-hybridized carbons (Fsp3) is 0.462. The Bertz CT molecular complexity index is 467. The first-order valence-electron chi connectivity index (χ1n) is 5.96. The number of morpholine rings is 1. The van der Waals surface area contributed by atoms with E-state index < -0.39 is 0 Å². The van der Waals surface area contributed by atoms with Gasteiger partial charge >= 0.3 is 0 Å². The SMILES string of the molecule is COc1ccc(Br)cc1C(=O)N1CCOC(CBr)C1. The fourth-order valence-corrected chi connectivity index (χ4v) is 2.77. The average Bonchev–Trinajstić information content (AvgIpc) is 2.46. The second-order valence-corrected chi connectivity index (χ2v) is 5.81. The normalized spacial score (nSPS) is 19.3. The summed E-state index contributed by atoms with van der Waals surface area (Å²) in [6.45, 7) is 1.77. The zero-order chi connectivity index (χ0) is 13.8. The maximum absolute atomic E-state index is 12.5. The predicted molar refractivity (Wildman–Crippen MR) is 80.1 cm³/mol. The molecule has 0 saturated carbocycles. The van der Waals surface area contributed by atoms with Gasteiger partial charge in [-0.05, 0) is 18.2 Å². The average molecular weight is 393 g/mol. The van der Waals surface area contributed by atoms with Gasteiger partial charge in [0.1, 0.15) is 5.75 Å². The number of rotatable bonds is 3. The second kappa shape index (κ2) is 6.72. The summed E-state index contributed by atoms with van der Waals surface area (Å²) in [5, 5.41) is 0.729. The molecule has 1 unspecified atom stereocenters. The molecule has 104 valence electrons. The monoisotopic (exact) mass is 391 g/mol. The molecule has 1 atom stereocenters. The van der Waals surface area contributed by atoms with Crippen molar-refractivity contribution in [1.82, 2.24) is 4.90 Å². The molecule has 0 radical (unpaired) electrons. The van der Waals surface area contributed by atoms with Crippen LogP contribution in [0.25, 0.3) is 0 Å². The van der Waals surface area contributed by atoms with Crippen LogP contribution in [0.5, 0.6) is 5.75 Å². The van der Waals surface area contributed by atoms with Crippen molar-refractivity contribution in [3.8, 4) is 5.75 Å². The number of ether oxygens (including phenoxy) is 2. The van der Waals surface area contributed by atoms with Crippen LogP contribution in [-0.4, -0.2) is 49.0 Å². The first-order chi connectivity index (χ1) is 9.15. The molecule has 1 aliphatic rings. The van der Waals surface area contributed by atoms with E-state index in [9.17, 15) is 4.79 Å². The quantitative estimate of drug-likeness (QED) is 0.742. The van der Waals surface area contributed by atoms with E-state index in [1.54, 1.807) is 24.1 Å². The number of alkyl halides is 1. The number of carbonyl (C=O) groups is 1. The van der Waals surface area contributed by atoms with Gasteiger partial charge in [-0.25, -0.2) is 0 Å². The summed E-state index contributed by atoms with van der Waals surface area (Å²) in [6, 6.07) is 5.44. The molecule has 0 spiro atoms. The summed E-state index contributed by atoms with van der Waals surface area (Å²) in [7, 11) is 1.57. The highest BCUT2D eigenvalue weighted by Crippen LogP contribution is 2.25. The minimum Gasteiger partial charge on any atom is -0.496 e. The summed E-state index contributed by atoms with van der Waals surface area (Å²) >= 11 is 6.77. The van der Waals surface area contributed by atoms with E-state index in [1.807, 2.05) is 6.07 Å². The van der Waals surface area contributed by atoms with Gasteiger partial charge in [-0.15, -0.1) is 0 Å². The van der Waals surface area contributed by atoms with Crippen molar-refractivity contribution in [2.24, 2.45) is 0 Å². The van der Waals surface area contributed by atoms with Crippen LogP contribution >= 0.6 is 31.9 Å². The van der Waals surface area contributed by atoms with E-state index in [2.05, 4.69) is 31.9 Å². The Balaban J connectivity index is 2.21. The van der Waals surface area contributed by atoms with Crippen LogP contribution in [-0.2, 0) is 4.74 Å². The third-order valence-electron chi connectivity index (χ3n) is 2.99. The summed E-state index contributed by atoms with van der Waals surface area (Å²) in [5.41, 5.74) is 0.576. The maximum atomic E-state index is 12.5. The lowest BCUT2D eigenvalue weighted by Gasteiger charge is -2.32. The van der Waals surface area contributed by atoms with Crippen LogP contribution in [0.2, 0.25) is 0 Å². The van der Waals surface area contributed by atoms with Crippen LogP contribution in [0.15, 0.2) is 22.7 Å². The number of halogens is 2. The smallest absolute Gasteiger partial charge is 0.257 e. The third-order valence-corrected chi connectivity index (χ3v) is 4.21. The molecule has 0 aromatic heterocycles. The molecule has 1 saturated heterocycles. The number of carbonyl (C=O) groups excluding carboxylic acids is 1. The van der Waals surface area contributed by atoms with E-state index in [4.69, 9.17) is 9.47 Å². The van der Waals surface area contributed by atoms with Crippen molar-refractivity contribution in [3.63, 3.8) is 0 Å². The molecule has 0 aliphatic carbocycles. The zero-order valence-corrected chi connectivity index (χ0v) is 13.7. The van der Waals surface area contributed by atoms with Gasteiger partial charge in [-0.3, -0.25) is 4.79 Å². The minimum absolute atomic E-state index is 0.0209. The molecule has 0 bridgehead atoms. The Labute approximate surface area is 129 Å². The molecule has 0 N–H and O–H groups in total. The van der Waals surface area contributed by atoms with E-state index >= 15 is 0 Å². The topological polar surface area (TPSA) is 38.8 Å². The van der Waals surface area contributed by atoms with Gasteiger partial charge in [0.05, 0.1) is 25.4 Å². The molecular formula is C13H15Br2NO3. The summed E-state index contributed by atoms with van der Waals surface area (Å²) in [4.78, 5) is 14.4. The summed E-state index contributed by atoms with van der Waals surface area (Å²) in [6.07, 6.45) is 0.0517. The largest absolute Gasteiger partial charge is 0.496 e. The highest BCUT2D eigenvalue weighted by Gasteiger charge is 2.26. The molecule has 1 heterocycles. The van der Waals surface area contributed by atoms with Crippen molar-refractivity contribution < 1.29 is 14.3 Å². The van der Waals surface area contributed by atoms with Crippen molar-refractivity contribution in [2.45, 2.75) is 6.10 Å². The molecule has 1 aromatic rings. The van der Waals surface area contributed by atoms with Crippen molar-refractivity contribution >= 4 is 37.8 Å². The Morgan fingerprint density at radius 1 is 1.58 bits per heavy atom. The van der Waals surface area contributed by atoms with E-state index in [-0.39, 0.29) is 12.0 Å². The van der Waals surface area contributed by atoms with Gasteiger partial charge in [0.15, 0.2) is 0 Å². The summed E-state index contributed by atoms with van der Waals surface area (Å²) < 4.78 is 11.7. The van der Waals surface area contributed by atoms with Crippen LogP contribution in [0.1, 0.15) is 10.4 Å². The lowest BCUT2D eigenvalue weighted by molar-refractivity contribution is -0.00975. The Morgan fingerprint density at radius 3 is 3.05 bits per heavy atom. The minimum atomic E-state index is -0.0209. The van der Waals surface area contributed by atoms with Crippen molar-refractivity contribution in [3.05, 3.63) is 28.2 Å². The number of nitrogens with zero attached hydrogens (tertiary/aromatic N) is 1. The van der Waals surface area contributed by atoms with Gasteiger partial charge in [0.2, 0.25) is 0 Å². The van der Waals surface area contributed by atoms with Crippen molar-refractivity contribution in [2.75, 3.05) is 32.1 Å². The lowest BCUT2D eigenvalue weighted by Crippen LogP contribution is -2.46. The third kappa shape index (κ3) is 3.49. The number of amides is 1. The number of hydrogen-bond donors (Lipinski definition) is 0. The van der Waals surface area contributed by atoms with Crippen LogP contribution < -0.4 is 4.74 Å². The zero-order valence-electron chi connectivity index (χ0n) is 10.6. The molecule has 1 amide bonds. The standard InChI is InChI=1S/C13H15Br2NO3/c1-18-12-3-2-9(15)6-11(12)13(17)16-4-5-19-10(7-14)8-16/h2-3,6,10H,4-5,7-8H2,1H3. The highest BCUT2D eigenvalue weighted by atomic mass is 79.9. The van der Waals surface area contributed by atoms with E-state index in [0.29, 0.717) is 31.0 Å². The molecule has 6 heteroatoms. The molecule has 1 aromatic carbocycles. The number of methoxy groups -OCH3 is 1. The molecule has 1 fully saturated rings. The molecule has 1 aliphatic heterocycles. The Hall–Kier alpha value is -0.590. The lowest BCUT2D eigenvalue weighted by atomic mass is 10.1. The number of hydrogen-bond acceptors (Lipinski definition) is 3. The van der Waals surface area contributed by atoms with Crippen LogP contribution in [0.4, 0.5) is 0 Å². The van der Waals surface area contributed by atoms with Crippen molar-refractivity contribution in [1.29, 1.82) is 0 Å². The highest BCUT2D eigenvalue weighted by molar-refractivity contribution is 9.10. The van der Waals surface area contributed by atoms with Gasteiger partial charge in [-0.2, -0.15) is 0 Å². The molecule has 4 nitrogen and oxygen atoms in total.